The van der Waals surface area contributed by atoms with E-state index in [2.05, 4.69) is 16.0 Å². The van der Waals surface area contributed by atoms with Crippen LogP contribution in [0.5, 0.6) is 0 Å². The lowest BCUT2D eigenvalue weighted by Gasteiger charge is -2.10. The maximum absolute atomic E-state index is 11.3. The highest BCUT2D eigenvalue weighted by Crippen LogP contribution is 1.88. The van der Waals surface area contributed by atoms with E-state index in [9.17, 15) is 9.59 Å². The Hall–Kier alpha value is -1.26. The van der Waals surface area contributed by atoms with Gasteiger partial charge >= 0.3 is 6.03 Å². The summed E-state index contributed by atoms with van der Waals surface area (Å²) >= 11 is 0. The van der Waals surface area contributed by atoms with E-state index in [1.807, 2.05) is 27.7 Å². The fraction of sp³-hybridized carbons (Fsp3) is 0.818. The Labute approximate surface area is 97.4 Å². The molecule has 0 bridgehead atoms. The summed E-state index contributed by atoms with van der Waals surface area (Å²) in [4.78, 5) is 22.4. The van der Waals surface area contributed by atoms with Crippen molar-refractivity contribution in [1.82, 2.24) is 16.0 Å². The van der Waals surface area contributed by atoms with Crippen molar-refractivity contribution in [3.05, 3.63) is 0 Å². The summed E-state index contributed by atoms with van der Waals surface area (Å²) in [6, 6.07) is -0.124. The van der Waals surface area contributed by atoms with Gasteiger partial charge in [0.05, 0.1) is 0 Å². The molecule has 94 valence electrons. The van der Waals surface area contributed by atoms with Gasteiger partial charge in [-0.15, -0.1) is 0 Å². The minimum absolute atomic E-state index is 0.0291. The predicted octanol–water partition coefficient (Wildman–Crippen LogP) is 0.856. The molecular weight excluding hydrogens is 206 g/mol. The largest absolute Gasteiger partial charge is 0.356 e. The number of hydrogen-bond acceptors (Lipinski definition) is 2. The van der Waals surface area contributed by atoms with Gasteiger partial charge in [-0.25, -0.2) is 4.79 Å². The van der Waals surface area contributed by atoms with Crippen LogP contribution in [-0.2, 0) is 4.79 Å². The van der Waals surface area contributed by atoms with Crippen LogP contribution in [0, 0.1) is 5.92 Å². The standard InChI is InChI=1S/C11H23N3O2/c1-8(2)7-13-10(15)5-6-12-11(16)14-9(3)4/h8-9H,5-7H2,1-4H3,(H,13,15)(H2,12,14,16). The Morgan fingerprint density at radius 2 is 1.69 bits per heavy atom. The smallest absolute Gasteiger partial charge is 0.315 e. The first-order chi connectivity index (χ1) is 7.41. The molecule has 0 rings (SSSR count). The molecule has 0 heterocycles. The van der Waals surface area contributed by atoms with Crippen molar-refractivity contribution in [2.75, 3.05) is 13.1 Å². The van der Waals surface area contributed by atoms with Crippen molar-refractivity contribution in [3.8, 4) is 0 Å². The molecule has 0 saturated heterocycles. The van der Waals surface area contributed by atoms with Crippen LogP contribution in [-0.4, -0.2) is 31.1 Å². The van der Waals surface area contributed by atoms with Crippen molar-refractivity contribution < 1.29 is 9.59 Å². The molecule has 0 spiro atoms. The molecule has 5 nitrogen and oxygen atoms in total. The number of amides is 3. The fourth-order valence-electron chi connectivity index (χ4n) is 1.01. The summed E-state index contributed by atoms with van der Waals surface area (Å²) in [5, 5.41) is 8.09. The van der Waals surface area contributed by atoms with Gasteiger partial charge in [-0.1, -0.05) is 13.8 Å². The van der Waals surface area contributed by atoms with Gasteiger partial charge < -0.3 is 16.0 Å². The molecule has 0 aromatic heterocycles. The van der Waals surface area contributed by atoms with E-state index >= 15 is 0 Å². The highest BCUT2D eigenvalue weighted by Gasteiger charge is 2.04. The van der Waals surface area contributed by atoms with Gasteiger partial charge in [0.2, 0.25) is 5.91 Å². The van der Waals surface area contributed by atoms with E-state index < -0.39 is 0 Å². The normalized spacial score (nSPS) is 10.4. The minimum Gasteiger partial charge on any atom is -0.356 e. The molecule has 3 amide bonds. The highest BCUT2D eigenvalue weighted by molar-refractivity contribution is 5.78. The van der Waals surface area contributed by atoms with Crippen molar-refractivity contribution in [2.24, 2.45) is 5.92 Å². The van der Waals surface area contributed by atoms with Gasteiger partial charge in [0, 0.05) is 25.6 Å². The van der Waals surface area contributed by atoms with Crippen LogP contribution >= 0.6 is 0 Å². The lowest BCUT2D eigenvalue weighted by atomic mass is 10.2. The van der Waals surface area contributed by atoms with Gasteiger partial charge in [-0.05, 0) is 19.8 Å². The van der Waals surface area contributed by atoms with Crippen LogP contribution < -0.4 is 16.0 Å². The lowest BCUT2D eigenvalue weighted by Crippen LogP contribution is -2.41. The second-order valence-corrected chi connectivity index (χ2v) is 4.50. The Morgan fingerprint density at radius 1 is 1.06 bits per heavy atom. The molecule has 0 aromatic carbocycles. The average Bonchev–Trinajstić information content (AvgIpc) is 2.13. The van der Waals surface area contributed by atoms with Crippen LogP contribution in [0.1, 0.15) is 34.1 Å². The van der Waals surface area contributed by atoms with Crippen LogP contribution in [0.2, 0.25) is 0 Å². The summed E-state index contributed by atoms with van der Waals surface area (Å²) in [5.41, 5.74) is 0. The predicted molar refractivity (Wildman–Crippen MR) is 64.1 cm³/mol. The van der Waals surface area contributed by atoms with Crippen molar-refractivity contribution in [2.45, 2.75) is 40.2 Å². The van der Waals surface area contributed by atoms with Crippen molar-refractivity contribution >= 4 is 11.9 Å². The number of carbonyl (C=O) groups is 2. The molecule has 0 aliphatic carbocycles. The van der Waals surface area contributed by atoms with Crippen LogP contribution in [0.25, 0.3) is 0 Å². The third-order valence-corrected chi connectivity index (χ3v) is 1.76. The van der Waals surface area contributed by atoms with Crippen LogP contribution in [0.3, 0.4) is 0 Å². The van der Waals surface area contributed by atoms with E-state index in [4.69, 9.17) is 0 Å². The third kappa shape index (κ3) is 9.30. The van der Waals surface area contributed by atoms with Gasteiger partial charge in [0.1, 0.15) is 0 Å². The Balaban J connectivity index is 3.50. The first-order valence-electron chi connectivity index (χ1n) is 5.73. The molecule has 3 N–H and O–H groups in total. The van der Waals surface area contributed by atoms with Crippen LogP contribution in [0.4, 0.5) is 4.79 Å². The highest BCUT2D eigenvalue weighted by atomic mass is 16.2. The zero-order valence-corrected chi connectivity index (χ0v) is 10.6. The Morgan fingerprint density at radius 3 is 2.19 bits per heavy atom. The lowest BCUT2D eigenvalue weighted by molar-refractivity contribution is -0.121. The van der Waals surface area contributed by atoms with Gasteiger partial charge in [-0.3, -0.25) is 4.79 Å². The first-order valence-corrected chi connectivity index (χ1v) is 5.73. The molecule has 0 radical (unpaired) electrons. The summed E-state index contributed by atoms with van der Waals surface area (Å²) in [6.45, 7) is 8.88. The quantitative estimate of drug-likeness (QED) is 0.632. The molecule has 0 aliphatic heterocycles. The zero-order valence-electron chi connectivity index (χ0n) is 10.6. The fourth-order valence-corrected chi connectivity index (χ4v) is 1.01. The maximum Gasteiger partial charge on any atom is 0.315 e. The molecule has 5 heteroatoms. The molecule has 0 atom stereocenters. The molecule has 0 saturated carbocycles. The number of hydrogen-bond donors (Lipinski definition) is 3. The summed E-state index contributed by atoms with van der Waals surface area (Å²) in [7, 11) is 0. The Bertz CT molecular complexity index is 227. The van der Waals surface area contributed by atoms with E-state index in [0.29, 0.717) is 25.4 Å². The minimum atomic E-state index is -0.230. The molecule has 0 unspecified atom stereocenters. The second-order valence-electron chi connectivity index (χ2n) is 4.50. The van der Waals surface area contributed by atoms with Crippen LogP contribution in [0.15, 0.2) is 0 Å². The molecule has 0 fully saturated rings. The SMILES string of the molecule is CC(C)CNC(=O)CCNC(=O)NC(C)C. The van der Waals surface area contributed by atoms with Gasteiger partial charge in [0.25, 0.3) is 0 Å². The second kappa shape index (κ2) is 7.96. The molecule has 16 heavy (non-hydrogen) atoms. The molecule has 0 aliphatic rings. The number of rotatable bonds is 6. The van der Waals surface area contributed by atoms with Gasteiger partial charge in [-0.2, -0.15) is 0 Å². The van der Waals surface area contributed by atoms with Crippen molar-refractivity contribution in [1.29, 1.82) is 0 Å². The van der Waals surface area contributed by atoms with Gasteiger partial charge in [0.15, 0.2) is 0 Å². The number of nitrogens with one attached hydrogen (secondary N) is 3. The number of carbonyl (C=O) groups excluding carboxylic acids is 2. The summed E-state index contributed by atoms with van der Waals surface area (Å²) in [6.07, 6.45) is 0.318. The van der Waals surface area contributed by atoms with E-state index in [0.717, 1.165) is 0 Å². The first kappa shape index (κ1) is 14.7. The van der Waals surface area contributed by atoms with E-state index in [1.165, 1.54) is 0 Å². The summed E-state index contributed by atoms with van der Waals surface area (Å²) in [5.74, 6) is 0.416. The topological polar surface area (TPSA) is 70.2 Å². The monoisotopic (exact) mass is 229 g/mol. The zero-order chi connectivity index (χ0) is 12.6. The average molecular weight is 229 g/mol. The summed E-state index contributed by atoms with van der Waals surface area (Å²) < 4.78 is 0. The van der Waals surface area contributed by atoms with E-state index in [1.54, 1.807) is 0 Å². The van der Waals surface area contributed by atoms with Crippen molar-refractivity contribution in [3.63, 3.8) is 0 Å². The third-order valence-electron chi connectivity index (χ3n) is 1.76. The molecule has 0 aromatic rings. The molecular formula is C11H23N3O2. The Kier molecular flexibility index (Phi) is 7.33. The van der Waals surface area contributed by atoms with E-state index in [-0.39, 0.29) is 18.0 Å². The maximum atomic E-state index is 11.3. The number of urea groups is 1.